The van der Waals surface area contributed by atoms with Gasteiger partial charge in [-0.3, -0.25) is 10.2 Å². The zero-order valence-corrected chi connectivity index (χ0v) is 13.4. The van der Waals surface area contributed by atoms with Crippen molar-refractivity contribution in [3.8, 4) is 11.5 Å². The van der Waals surface area contributed by atoms with E-state index >= 15 is 0 Å². The first kappa shape index (κ1) is 14.7. The van der Waals surface area contributed by atoms with Gasteiger partial charge >= 0.3 is 0 Å². The molecule has 0 spiro atoms. The Labute approximate surface area is 137 Å². The number of hydrogen-bond acceptors (Lipinski definition) is 7. The van der Waals surface area contributed by atoms with Crippen molar-refractivity contribution >= 4 is 33.6 Å². The summed E-state index contributed by atoms with van der Waals surface area (Å²) in [6, 6.07) is 7.51. The van der Waals surface area contributed by atoms with Crippen molar-refractivity contribution in [3.05, 3.63) is 41.4 Å². The van der Waals surface area contributed by atoms with E-state index in [1.54, 1.807) is 0 Å². The minimum Gasteiger partial charge on any atom is -0.411 e. The second kappa shape index (κ2) is 6.71. The topological polar surface area (TPSA) is 98.7 Å². The van der Waals surface area contributed by atoms with Gasteiger partial charge in [0.2, 0.25) is 11.8 Å². The molecule has 0 bridgehead atoms. The highest BCUT2D eigenvalue weighted by molar-refractivity contribution is 9.10. The molecule has 0 saturated carbocycles. The van der Waals surface area contributed by atoms with Crippen LogP contribution >= 0.6 is 27.7 Å². The Hall–Kier alpha value is -2.20. The number of halogens is 1. The fourth-order valence-electron chi connectivity index (χ4n) is 1.54. The summed E-state index contributed by atoms with van der Waals surface area (Å²) in [4.78, 5) is 11.7. The van der Waals surface area contributed by atoms with Gasteiger partial charge in [0, 0.05) is 10.0 Å². The van der Waals surface area contributed by atoms with Crippen LogP contribution < -0.4 is 5.43 Å². The van der Waals surface area contributed by atoms with Crippen LogP contribution in [0.25, 0.3) is 11.5 Å². The smallest absolute Gasteiger partial charge is 0.277 e. The van der Waals surface area contributed by atoms with E-state index in [1.807, 2.05) is 24.3 Å². The Bertz CT molecular complexity index is 758. The van der Waals surface area contributed by atoms with E-state index in [4.69, 9.17) is 4.42 Å². The van der Waals surface area contributed by atoms with Crippen LogP contribution in [0.5, 0.6) is 0 Å². The van der Waals surface area contributed by atoms with E-state index in [1.165, 1.54) is 17.3 Å². The highest BCUT2D eigenvalue weighted by Gasteiger charge is 2.11. The van der Waals surface area contributed by atoms with Gasteiger partial charge in [0.1, 0.15) is 12.7 Å². The van der Waals surface area contributed by atoms with E-state index in [9.17, 15) is 4.79 Å². The quantitative estimate of drug-likeness (QED) is 0.675. The van der Waals surface area contributed by atoms with Gasteiger partial charge in [-0.15, -0.1) is 20.4 Å². The standard InChI is InChI=1S/C12H9BrN6O2S/c13-9-3-1-8(2-4-9)11-16-17-12(21-11)22-5-10(20)18-19-6-14-15-7-19/h1-4,6-7H,5H2,(H,18,20). The van der Waals surface area contributed by atoms with E-state index in [2.05, 4.69) is 41.8 Å². The Kier molecular flexibility index (Phi) is 4.49. The Morgan fingerprint density at radius 2 is 1.95 bits per heavy atom. The summed E-state index contributed by atoms with van der Waals surface area (Å²) in [5, 5.41) is 15.4. The maximum Gasteiger partial charge on any atom is 0.277 e. The van der Waals surface area contributed by atoms with Crippen LogP contribution in [0.15, 0.2) is 51.0 Å². The molecule has 112 valence electrons. The van der Waals surface area contributed by atoms with Crippen molar-refractivity contribution in [2.24, 2.45) is 0 Å². The molecule has 2 heterocycles. The number of thioether (sulfide) groups is 1. The summed E-state index contributed by atoms with van der Waals surface area (Å²) >= 11 is 4.52. The van der Waals surface area contributed by atoms with Crippen molar-refractivity contribution < 1.29 is 9.21 Å². The number of carbonyl (C=O) groups excluding carboxylic acids is 1. The van der Waals surface area contributed by atoms with Crippen molar-refractivity contribution in [3.63, 3.8) is 0 Å². The summed E-state index contributed by atoms with van der Waals surface area (Å²) in [5.74, 6) is 0.322. The molecule has 0 atom stereocenters. The number of amides is 1. The van der Waals surface area contributed by atoms with Crippen LogP contribution in [-0.4, -0.2) is 36.7 Å². The molecular formula is C12H9BrN6O2S. The van der Waals surface area contributed by atoms with E-state index in [0.29, 0.717) is 11.1 Å². The molecule has 0 aliphatic carbocycles. The minimum atomic E-state index is -0.229. The monoisotopic (exact) mass is 380 g/mol. The van der Waals surface area contributed by atoms with Crippen LogP contribution in [-0.2, 0) is 4.79 Å². The summed E-state index contributed by atoms with van der Waals surface area (Å²) in [5.41, 5.74) is 3.39. The molecular weight excluding hydrogens is 372 g/mol. The normalized spacial score (nSPS) is 10.6. The first-order valence-corrected chi connectivity index (χ1v) is 7.85. The number of rotatable bonds is 5. The summed E-state index contributed by atoms with van der Waals surface area (Å²) in [6.07, 6.45) is 2.78. The minimum absolute atomic E-state index is 0.139. The molecule has 8 nitrogen and oxygen atoms in total. The van der Waals surface area contributed by atoms with Crippen molar-refractivity contribution in [1.82, 2.24) is 25.1 Å². The van der Waals surface area contributed by atoms with Gasteiger partial charge in [-0.05, 0) is 24.3 Å². The molecule has 0 aliphatic heterocycles. The molecule has 1 N–H and O–H groups in total. The zero-order valence-electron chi connectivity index (χ0n) is 11.0. The molecule has 1 amide bonds. The highest BCUT2D eigenvalue weighted by Crippen LogP contribution is 2.24. The second-order valence-electron chi connectivity index (χ2n) is 4.07. The lowest BCUT2D eigenvalue weighted by atomic mass is 10.2. The third kappa shape index (κ3) is 3.71. The van der Waals surface area contributed by atoms with E-state index in [0.717, 1.165) is 21.8 Å². The lowest BCUT2D eigenvalue weighted by Crippen LogP contribution is -2.23. The summed E-state index contributed by atoms with van der Waals surface area (Å²) in [6.45, 7) is 0. The van der Waals surface area contributed by atoms with Crippen molar-refractivity contribution in [2.45, 2.75) is 5.22 Å². The van der Waals surface area contributed by atoms with Gasteiger partial charge in [0.25, 0.3) is 5.22 Å². The predicted octanol–water partition coefficient (Wildman–Crippen LogP) is 1.95. The Morgan fingerprint density at radius 1 is 1.23 bits per heavy atom. The van der Waals surface area contributed by atoms with E-state index < -0.39 is 0 Å². The average molecular weight is 381 g/mol. The lowest BCUT2D eigenvalue weighted by molar-refractivity contribution is -0.114. The molecule has 0 fully saturated rings. The molecule has 3 aromatic rings. The molecule has 10 heteroatoms. The first-order valence-electron chi connectivity index (χ1n) is 6.07. The number of nitrogens with one attached hydrogen (secondary N) is 1. The molecule has 2 aromatic heterocycles. The molecule has 0 radical (unpaired) electrons. The SMILES string of the molecule is O=C(CSc1nnc(-c2ccc(Br)cc2)o1)Nn1cnnc1. The van der Waals surface area contributed by atoms with Crippen molar-refractivity contribution in [2.75, 3.05) is 11.2 Å². The van der Waals surface area contributed by atoms with Gasteiger partial charge in [0.15, 0.2) is 0 Å². The third-order valence-electron chi connectivity index (χ3n) is 2.50. The fourth-order valence-corrected chi connectivity index (χ4v) is 2.36. The number of hydrogen-bond donors (Lipinski definition) is 1. The predicted molar refractivity (Wildman–Crippen MR) is 82.5 cm³/mol. The highest BCUT2D eigenvalue weighted by atomic mass is 79.9. The Morgan fingerprint density at radius 3 is 2.68 bits per heavy atom. The maximum absolute atomic E-state index is 11.7. The average Bonchev–Trinajstić information content (AvgIpc) is 3.17. The van der Waals surface area contributed by atoms with Gasteiger partial charge < -0.3 is 4.42 Å². The molecule has 22 heavy (non-hydrogen) atoms. The van der Waals surface area contributed by atoms with Gasteiger partial charge in [0.05, 0.1) is 5.75 Å². The fraction of sp³-hybridized carbons (Fsp3) is 0.0833. The lowest BCUT2D eigenvalue weighted by Gasteiger charge is -2.01. The largest absolute Gasteiger partial charge is 0.411 e. The van der Waals surface area contributed by atoms with Gasteiger partial charge in [-0.25, -0.2) is 4.68 Å². The number of benzene rings is 1. The van der Waals surface area contributed by atoms with Crippen LogP contribution in [0.4, 0.5) is 0 Å². The molecule has 0 aliphatic rings. The maximum atomic E-state index is 11.7. The van der Waals surface area contributed by atoms with Crippen molar-refractivity contribution in [1.29, 1.82) is 0 Å². The van der Waals surface area contributed by atoms with Crippen LogP contribution in [0.3, 0.4) is 0 Å². The number of aromatic nitrogens is 5. The summed E-state index contributed by atoms with van der Waals surface area (Å²) in [7, 11) is 0. The van der Waals surface area contributed by atoms with Crippen LogP contribution in [0.2, 0.25) is 0 Å². The van der Waals surface area contributed by atoms with Crippen LogP contribution in [0.1, 0.15) is 0 Å². The van der Waals surface area contributed by atoms with Crippen LogP contribution in [0, 0.1) is 0 Å². The Balaban J connectivity index is 1.57. The van der Waals surface area contributed by atoms with E-state index in [-0.39, 0.29) is 11.7 Å². The van der Waals surface area contributed by atoms with Gasteiger partial charge in [-0.2, -0.15) is 0 Å². The molecule has 1 aromatic carbocycles. The molecule has 0 saturated heterocycles. The number of nitrogens with zero attached hydrogens (tertiary/aromatic N) is 5. The summed E-state index contributed by atoms with van der Waals surface area (Å²) < 4.78 is 7.84. The third-order valence-corrected chi connectivity index (χ3v) is 3.84. The van der Waals surface area contributed by atoms with Gasteiger partial charge in [-0.1, -0.05) is 27.7 Å². The molecule has 0 unspecified atom stereocenters. The number of carbonyl (C=O) groups is 1. The second-order valence-corrected chi connectivity index (χ2v) is 5.92. The molecule has 3 rings (SSSR count). The first-order chi connectivity index (χ1) is 10.7. The zero-order chi connectivity index (χ0) is 15.4.